The van der Waals surface area contributed by atoms with Crippen LogP contribution in [0.5, 0.6) is 0 Å². The number of nitrogens with one attached hydrogen (secondary N) is 1. The summed E-state index contributed by atoms with van der Waals surface area (Å²) in [6.07, 6.45) is 7.05. The predicted octanol–water partition coefficient (Wildman–Crippen LogP) is 3.35. The SMILES string of the molecule is Cc1cccn2cc(-c3ccc(NC(=O)c4ncccn4)cc3)nc12. The second kappa shape index (κ2) is 6.16. The van der Waals surface area contributed by atoms with Crippen LogP contribution in [-0.2, 0) is 0 Å². The molecular weight excluding hydrogens is 314 g/mol. The highest BCUT2D eigenvalue weighted by atomic mass is 16.2. The lowest BCUT2D eigenvalue weighted by molar-refractivity contribution is 0.101. The molecule has 0 saturated heterocycles. The Hall–Kier alpha value is -3.54. The van der Waals surface area contributed by atoms with Gasteiger partial charge in [-0.05, 0) is 36.8 Å². The van der Waals surface area contributed by atoms with E-state index in [1.165, 1.54) is 12.4 Å². The molecule has 3 aromatic heterocycles. The van der Waals surface area contributed by atoms with Crippen LogP contribution in [0.4, 0.5) is 5.69 Å². The minimum absolute atomic E-state index is 0.141. The van der Waals surface area contributed by atoms with Gasteiger partial charge < -0.3 is 9.72 Å². The zero-order chi connectivity index (χ0) is 17.2. The van der Waals surface area contributed by atoms with E-state index in [2.05, 4.69) is 20.3 Å². The molecule has 1 aromatic carbocycles. The smallest absolute Gasteiger partial charge is 0.293 e. The van der Waals surface area contributed by atoms with Crippen molar-refractivity contribution in [2.45, 2.75) is 6.92 Å². The molecule has 1 N–H and O–H groups in total. The summed E-state index contributed by atoms with van der Waals surface area (Å²) in [4.78, 5) is 24.6. The number of aromatic nitrogens is 4. The molecule has 0 aliphatic heterocycles. The van der Waals surface area contributed by atoms with Gasteiger partial charge in [-0.15, -0.1) is 0 Å². The van der Waals surface area contributed by atoms with E-state index in [1.807, 2.05) is 60.1 Å². The van der Waals surface area contributed by atoms with Crippen LogP contribution in [0.2, 0.25) is 0 Å². The molecule has 0 saturated carbocycles. The van der Waals surface area contributed by atoms with E-state index >= 15 is 0 Å². The van der Waals surface area contributed by atoms with E-state index in [0.29, 0.717) is 5.69 Å². The maximum atomic E-state index is 12.1. The van der Waals surface area contributed by atoms with Gasteiger partial charge in [0.2, 0.25) is 5.82 Å². The molecule has 4 rings (SSSR count). The maximum Gasteiger partial charge on any atom is 0.293 e. The second-order valence-electron chi connectivity index (χ2n) is 5.65. The van der Waals surface area contributed by atoms with Crippen molar-refractivity contribution in [2.24, 2.45) is 0 Å². The third-order valence-electron chi connectivity index (χ3n) is 3.89. The maximum absolute atomic E-state index is 12.1. The highest BCUT2D eigenvalue weighted by Gasteiger charge is 2.09. The van der Waals surface area contributed by atoms with Crippen molar-refractivity contribution >= 4 is 17.2 Å². The van der Waals surface area contributed by atoms with E-state index in [1.54, 1.807) is 6.07 Å². The van der Waals surface area contributed by atoms with Gasteiger partial charge in [0, 0.05) is 36.0 Å². The van der Waals surface area contributed by atoms with Crippen molar-refractivity contribution in [3.8, 4) is 11.3 Å². The van der Waals surface area contributed by atoms with E-state index in [4.69, 9.17) is 0 Å². The van der Waals surface area contributed by atoms with Gasteiger partial charge in [0.15, 0.2) is 0 Å². The average molecular weight is 329 g/mol. The molecule has 25 heavy (non-hydrogen) atoms. The van der Waals surface area contributed by atoms with Crippen LogP contribution in [0.25, 0.3) is 16.9 Å². The van der Waals surface area contributed by atoms with Crippen molar-refractivity contribution in [3.63, 3.8) is 0 Å². The van der Waals surface area contributed by atoms with Gasteiger partial charge in [-0.3, -0.25) is 4.79 Å². The first-order valence-electron chi connectivity index (χ1n) is 7.84. The van der Waals surface area contributed by atoms with Crippen LogP contribution in [0, 0.1) is 6.92 Å². The Labute approximate surface area is 144 Å². The number of amides is 1. The van der Waals surface area contributed by atoms with Crippen LogP contribution < -0.4 is 5.32 Å². The Morgan fingerprint density at radius 3 is 2.52 bits per heavy atom. The summed E-state index contributed by atoms with van der Waals surface area (Å²) >= 11 is 0. The summed E-state index contributed by atoms with van der Waals surface area (Å²) in [5, 5.41) is 2.78. The van der Waals surface area contributed by atoms with Gasteiger partial charge in [-0.1, -0.05) is 18.2 Å². The lowest BCUT2D eigenvalue weighted by Gasteiger charge is -2.04. The van der Waals surface area contributed by atoms with Crippen LogP contribution in [-0.4, -0.2) is 25.3 Å². The number of anilines is 1. The van der Waals surface area contributed by atoms with Gasteiger partial charge >= 0.3 is 0 Å². The monoisotopic (exact) mass is 329 g/mol. The van der Waals surface area contributed by atoms with Crippen molar-refractivity contribution in [1.29, 1.82) is 0 Å². The fraction of sp³-hybridized carbons (Fsp3) is 0.0526. The third kappa shape index (κ3) is 2.97. The number of nitrogens with zero attached hydrogens (tertiary/aromatic N) is 4. The Balaban J connectivity index is 1.57. The lowest BCUT2D eigenvalue weighted by Crippen LogP contribution is -2.15. The van der Waals surface area contributed by atoms with Crippen LogP contribution in [0.15, 0.2) is 67.3 Å². The molecule has 0 atom stereocenters. The molecule has 1 amide bonds. The Bertz CT molecular complexity index is 1040. The van der Waals surface area contributed by atoms with Gasteiger partial charge in [0.25, 0.3) is 5.91 Å². The third-order valence-corrected chi connectivity index (χ3v) is 3.89. The summed E-state index contributed by atoms with van der Waals surface area (Å²) in [7, 11) is 0. The number of hydrogen-bond donors (Lipinski definition) is 1. The molecule has 122 valence electrons. The van der Waals surface area contributed by atoms with Gasteiger partial charge in [-0.2, -0.15) is 0 Å². The Morgan fingerprint density at radius 2 is 1.80 bits per heavy atom. The van der Waals surface area contributed by atoms with Gasteiger partial charge in [0.05, 0.1) is 5.69 Å². The molecule has 0 radical (unpaired) electrons. The standard InChI is InChI=1S/C19H15N5O/c1-13-4-2-11-24-12-16(23-18(13)24)14-5-7-15(8-6-14)22-19(25)17-20-9-3-10-21-17/h2-12H,1H3,(H,22,25). The van der Waals surface area contributed by atoms with Crippen molar-refractivity contribution in [2.75, 3.05) is 5.32 Å². The minimum Gasteiger partial charge on any atom is -0.319 e. The van der Waals surface area contributed by atoms with Gasteiger partial charge in [-0.25, -0.2) is 15.0 Å². The summed E-state index contributed by atoms with van der Waals surface area (Å²) in [5.74, 6) is -0.195. The van der Waals surface area contributed by atoms with Crippen molar-refractivity contribution < 1.29 is 4.79 Å². The normalized spacial score (nSPS) is 10.8. The number of imidazole rings is 1. The van der Waals surface area contributed by atoms with Crippen molar-refractivity contribution in [3.05, 3.63) is 78.6 Å². The zero-order valence-electron chi connectivity index (χ0n) is 13.5. The number of benzene rings is 1. The van der Waals surface area contributed by atoms with Crippen LogP contribution >= 0.6 is 0 Å². The fourth-order valence-corrected chi connectivity index (χ4v) is 2.62. The molecule has 0 spiro atoms. The number of pyridine rings is 1. The average Bonchev–Trinajstić information content (AvgIpc) is 3.09. The molecule has 0 aliphatic rings. The number of fused-ring (bicyclic) bond motifs is 1. The summed E-state index contributed by atoms with van der Waals surface area (Å²) in [6.45, 7) is 2.04. The molecule has 4 aromatic rings. The fourth-order valence-electron chi connectivity index (χ4n) is 2.62. The highest BCUT2D eigenvalue weighted by Crippen LogP contribution is 2.22. The number of aryl methyl sites for hydroxylation is 1. The van der Waals surface area contributed by atoms with E-state index < -0.39 is 0 Å². The predicted molar refractivity (Wildman–Crippen MR) is 95.4 cm³/mol. The summed E-state index contributed by atoms with van der Waals surface area (Å²) in [5.41, 5.74) is 4.62. The lowest BCUT2D eigenvalue weighted by atomic mass is 10.1. The summed E-state index contributed by atoms with van der Waals surface area (Å²) in [6, 6.07) is 13.2. The molecule has 0 unspecified atom stereocenters. The molecule has 6 heteroatoms. The minimum atomic E-state index is -0.336. The molecule has 0 bridgehead atoms. The van der Waals surface area contributed by atoms with E-state index in [-0.39, 0.29) is 11.7 Å². The van der Waals surface area contributed by atoms with E-state index in [0.717, 1.165) is 22.5 Å². The number of carbonyl (C=O) groups excluding carboxylic acids is 1. The first-order chi connectivity index (χ1) is 12.2. The van der Waals surface area contributed by atoms with Crippen LogP contribution in [0.3, 0.4) is 0 Å². The largest absolute Gasteiger partial charge is 0.319 e. The molecular formula is C19H15N5O. The molecule has 3 heterocycles. The second-order valence-corrected chi connectivity index (χ2v) is 5.65. The first-order valence-corrected chi connectivity index (χ1v) is 7.84. The van der Waals surface area contributed by atoms with E-state index in [9.17, 15) is 4.79 Å². The quantitative estimate of drug-likeness (QED) is 0.625. The first kappa shape index (κ1) is 15.0. The highest BCUT2D eigenvalue weighted by molar-refractivity contribution is 6.01. The summed E-state index contributed by atoms with van der Waals surface area (Å²) < 4.78 is 2.01. The molecule has 0 fully saturated rings. The van der Waals surface area contributed by atoms with Gasteiger partial charge in [0.1, 0.15) is 5.65 Å². The Morgan fingerprint density at radius 1 is 1.04 bits per heavy atom. The molecule has 6 nitrogen and oxygen atoms in total. The number of rotatable bonds is 3. The molecule has 0 aliphatic carbocycles. The zero-order valence-corrected chi connectivity index (χ0v) is 13.5. The Kier molecular flexibility index (Phi) is 3.70. The van der Waals surface area contributed by atoms with Crippen LogP contribution in [0.1, 0.15) is 16.2 Å². The number of carbonyl (C=O) groups is 1. The van der Waals surface area contributed by atoms with Crippen molar-refractivity contribution in [1.82, 2.24) is 19.4 Å². The number of hydrogen-bond acceptors (Lipinski definition) is 4. The topological polar surface area (TPSA) is 72.2 Å².